The van der Waals surface area contributed by atoms with Crippen LogP contribution in [0.3, 0.4) is 0 Å². The van der Waals surface area contributed by atoms with Crippen LogP contribution in [0.25, 0.3) is 0 Å². The van der Waals surface area contributed by atoms with Gasteiger partial charge in [0.15, 0.2) is 0 Å². The first kappa shape index (κ1) is 15.8. The first-order chi connectivity index (χ1) is 11.2. The van der Waals surface area contributed by atoms with Crippen molar-refractivity contribution >= 4 is 5.71 Å². The van der Waals surface area contributed by atoms with Crippen molar-refractivity contribution in [3.8, 4) is 0 Å². The second-order valence-electron chi connectivity index (χ2n) is 6.58. The number of oxime groups is 1. The predicted molar refractivity (Wildman–Crippen MR) is 93.7 cm³/mol. The monoisotopic (exact) mass is 308 g/mol. The fraction of sp³-hybridized carbons (Fsp3) is 0.350. The van der Waals surface area contributed by atoms with E-state index in [0.29, 0.717) is 5.92 Å². The molecule has 1 heterocycles. The predicted octanol–water partition coefficient (Wildman–Crippen LogP) is 4.56. The van der Waals surface area contributed by atoms with Gasteiger partial charge in [-0.05, 0) is 17.0 Å². The number of piperidine rings is 1. The van der Waals surface area contributed by atoms with Crippen LogP contribution in [0.1, 0.15) is 43.5 Å². The summed E-state index contributed by atoms with van der Waals surface area (Å²) in [7, 11) is 0. The molecule has 0 bridgehead atoms. The van der Waals surface area contributed by atoms with E-state index >= 15 is 0 Å². The van der Waals surface area contributed by atoms with Crippen LogP contribution in [0.5, 0.6) is 0 Å². The molecule has 1 saturated heterocycles. The smallest absolute Gasteiger partial charge is 0.0642 e. The highest BCUT2D eigenvalue weighted by Crippen LogP contribution is 2.39. The van der Waals surface area contributed by atoms with Gasteiger partial charge in [-0.2, -0.15) is 0 Å². The van der Waals surface area contributed by atoms with Crippen molar-refractivity contribution in [3.63, 3.8) is 0 Å². The van der Waals surface area contributed by atoms with E-state index in [9.17, 15) is 5.21 Å². The second-order valence-corrected chi connectivity index (χ2v) is 6.58. The van der Waals surface area contributed by atoms with E-state index in [2.05, 4.69) is 72.9 Å². The maximum Gasteiger partial charge on any atom is 0.0642 e. The normalized spacial score (nSPS) is 26.6. The molecule has 3 unspecified atom stereocenters. The highest BCUT2D eigenvalue weighted by atomic mass is 16.4. The molecule has 2 aromatic carbocycles. The van der Waals surface area contributed by atoms with Crippen LogP contribution in [0.2, 0.25) is 0 Å². The lowest BCUT2D eigenvalue weighted by molar-refractivity contribution is 0.263. The van der Waals surface area contributed by atoms with Crippen molar-refractivity contribution in [2.45, 2.75) is 32.4 Å². The quantitative estimate of drug-likeness (QED) is 0.644. The average molecular weight is 308 g/mol. The summed E-state index contributed by atoms with van der Waals surface area (Å²) in [6, 6.07) is 21.2. The fourth-order valence-corrected chi connectivity index (χ4v) is 3.66. The zero-order valence-corrected chi connectivity index (χ0v) is 13.7. The van der Waals surface area contributed by atoms with Crippen molar-refractivity contribution in [2.24, 2.45) is 17.0 Å². The standard InChI is InChI=1S/C20H24N2O/c1-14(2)19-18(22-23)13-17(15-9-5-3-6-10-15)21-20(19)16-11-7-4-8-12-16/h3-12,14,17,19-21,23H,13H2,1-2H3/b22-18+. The molecule has 0 spiro atoms. The Morgan fingerprint density at radius 2 is 1.52 bits per heavy atom. The fourth-order valence-electron chi connectivity index (χ4n) is 3.66. The number of nitrogens with one attached hydrogen (secondary N) is 1. The van der Waals surface area contributed by atoms with E-state index in [0.717, 1.165) is 12.1 Å². The molecule has 0 radical (unpaired) electrons. The number of hydrogen-bond acceptors (Lipinski definition) is 3. The van der Waals surface area contributed by atoms with Gasteiger partial charge < -0.3 is 10.5 Å². The minimum atomic E-state index is 0.154. The summed E-state index contributed by atoms with van der Waals surface area (Å²) < 4.78 is 0. The Labute approximate surface area is 138 Å². The third kappa shape index (κ3) is 3.30. The summed E-state index contributed by atoms with van der Waals surface area (Å²) in [6.45, 7) is 4.38. The van der Waals surface area contributed by atoms with E-state index in [1.165, 1.54) is 11.1 Å². The van der Waals surface area contributed by atoms with Crippen molar-refractivity contribution < 1.29 is 5.21 Å². The number of nitrogens with zero attached hydrogens (tertiary/aromatic N) is 1. The molecule has 2 aromatic rings. The van der Waals surface area contributed by atoms with Crippen LogP contribution >= 0.6 is 0 Å². The topological polar surface area (TPSA) is 44.6 Å². The molecule has 0 amide bonds. The zero-order valence-electron chi connectivity index (χ0n) is 13.7. The molecule has 2 N–H and O–H groups in total. The third-order valence-corrected chi connectivity index (χ3v) is 4.75. The molecule has 0 saturated carbocycles. The van der Waals surface area contributed by atoms with Gasteiger partial charge in [0.2, 0.25) is 0 Å². The van der Waals surface area contributed by atoms with E-state index in [1.54, 1.807) is 0 Å². The van der Waals surface area contributed by atoms with E-state index in [-0.39, 0.29) is 18.0 Å². The van der Waals surface area contributed by atoms with Gasteiger partial charge in [0.05, 0.1) is 5.71 Å². The van der Waals surface area contributed by atoms with Crippen LogP contribution in [-0.2, 0) is 0 Å². The van der Waals surface area contributed by atoms with Gasteiger partial charge in [-0.1, -0.05) is 79.7 Å². The maximum atomic E-state index is 9.60. The van der Waals surface area contributed by atoms with Crippen molar-refractivity contribution in [1.29, 1.82) is 0 Å². The molecular weight excluding hydrogens is 284 g/mol. The highest BCUT2D eigenvalue weighted by molar-refractivity contribution is 5.89. The van der Waals surface area contributed by atoms with Crippen molar-refractivity contribution in [1.82, 2.24) is 5.32 Å². The molecule has 1 aliphatic rings. The maximum absolute atomic E-state index is 9.60. The first-order valence-corrected chi connectivity index (χ1v) is 8.27. The summed E-state index contributed by atoms with van der Waals surface area (Å²) in [5.74, 6) is 0.595. The Morgan fingerprint density at radius 3 is 2.04 bits per heavy atom. The minimum Gasteiger partial charge on any atom is -0.411 e. The van der Waals surface area contributed by atoms with Gasteiger partial charge in [-0.25, -0.2) is 0 Å². The Bertz CT molecular complexity index is 652. The zero-order chi connectivity index (χ0) is 16.2. The summed E-state index contributed by atoms with van der Waals surface area (Å²) >= 11 is 0. The Morgan fingerprint density at radius 1 is 0.957 bits per heavy atom. The van der Waals surface area contributed by atoms with Gasteiger partial charge in [0.1, 0.15) is 0 Å². The van der Waals surface area contributed by atoms with Gasteiger partial charge in [0, 0.05) is 24.4 Å². The Kier molecular flexibility index (Phi) is 4.77. The van der Waals surface area contributed by atoms with Gasteiger partial charge in [0.25, 0.3) is 0 Å². The summed E-state index contributed by atoms with van der Waals surface area (Å²) in [5.41, 5.74) is 3.37. The van der Waals surface area contributed by atoms with Crippen molar-refractivity contribution in [2.75, 3.05) is 0 Å². The molecule has 0 aromatic heterocycles. The average Bonchev–Trinajstić information content (AvgIpc) is 2.62. The lowest BCUT2D eigenvalue weighted by Gasteiger charge is -2.40. The molecule has 3 atom stereocenters. The lowest BCUT2D eigenvalue weighted by Crippen LogP contribution is -2.44. The van der Waals surface area contributed by atoms with Crippen LogP contribution in [-0.4, -0.2) is 10.9 Å². The first-order valence-electron chi connectivity index (χ1n) is 8.27. The van der Waals surface area contributed by atoms with Gasteiger partial charge in [-0.15, -0.1) is 0 Å². The minimum absolute atomic E-state index is 0.154. The van der Waals surface area contributed by atoms with Crippen LogP contribution < -0.4 is 5.32 Å². The number of rotatable bonds is 3. The number of benzene rings is 2. The second kappa shape index (κ2) is 6.97. The number of hydrogen-bond donors (Lipinski definition) is 2. The van der Waals surface area contributed by atoms with Crippen LogP contribution in [0.15, 0.2) is 65.8 Å². The Balaban J connectivity index is 1.98. The molecule has 23 heavy (non-hydrogen) atoms. The van der Waals surface area contributed by atoms with Crippen molar-refractivity contribution in [3.05, 3.63) is 71.8 Å². The summed E-state index contributed by atoms with van der Waals surface area (Å²) in [4.78, 5) is 0. The molecule has 1 fully saturated rings. The van der Waals surface area contributed by atoms with E-state index < -0.39 is 0 Å². The molecule has 3 rings (SSSR count). The Hall–Kier alpha value is -2.13. The molecule has 3 heteroatoms. The van der Waals surface area contributed by atoms with E-state index in [1.807, 2.05) is 12.1 Å². The lowest BCUT2D eigenvalue weighted by atomic mass is 9.75. The third-order valence-electron chi connectivity index (χ3n) is 4.75. The van der Waals surface area contributed by atoms with Gasteiger partial charge in [-0.3, -0.25) is 0 Å². The molecular formula is C20H24N2O. The van der Waals surface area contributed by atoms with Crippen LogP contribution in [0, 0.1) is 11.8 Å². The molecule has 0 aliphatic carbocycles. The molecule has 3 nitrogen and oxygen atoms in total. The highest BCUT2D eigenvalue weighted by Gasteiger charge is 2.38. The largest absolute Gasteiger partial charge is 0.411 e. The van der Waals surface area contributed by atoms with Crippen LogP contribution in [0.4, 0.5) is 0 Å². The molecule has 120 valence electrons. The summed E-state index contributed by atoms with van der Waals surface area (Å²) in [6.07, 6.45) is 0.743. The SMILES string of the molecule is CC(C)C1/C(=N/O)CC(c2ccccc2)NC1c1ccccc1. The summed E-state index contributed by atoms with van der Waals surface area (Å²) in [5, 5.41) is 17.1. The van der Waals surface area contributed by atoms with Gasteiger partial charge >= 0.3 is 0 Å². The molecule has 1 aliphatic heterocycles. The van der Waals surface area contributed by atoms with E-state index in [4.69, 9.17) is 0 Å².